The number of aromatic nitrogens is 2. The molecule has 0 amide bonds. The van der Waals surface area contributed by atoms with Crippen molar-refractivity contribution in [2.75, 3.05) is 6.26 Å². The van der Waals surface area contributed by atoms with Gasteiger partial charge in [0.2, 0.25) is 11.7 Å². The second kappa shape index (κ2) is 9.05. The molecule has 2 aromatic carbocycles. The number of halogens is 2. The number of ketones is 1. The summed E-state index contributed by atoms with van der Waals surface area (Å²) in [4.78, 5) is 26.1. The van der Waals surface area contributed by atoms with Gasteiger partial charge in [0.1, 0.15) is 5.56 Å². The molecule has 3 rings (SSSR count). The lowest BCUT2D eigenvalue weighted by Gasteiger charge is -2.14. The fraction of sp³-hybridized carbons (Fsp3) is 0.227. The molecule has 0 unspecified atom stereocenters. The van der Waals surface area contributed by atoms with E-state index in [4.69, 9.17) is 27.9 Å². The van der Waals surface area contributed by atoms with Gasteiger partial charge in [-0.2, -0.15) is 5.10 Å². The summed E-state index contributed by atoms with van der Waals surface area (Å²) in [6.45, 7) is 5.26. The van der Waals surface area contributed by atoms with E-state index < -0.39 is 21.6 Å². The van der Waals surface area contributed by atoms with E-state index in [2.05, 4.69) is 5.10 Å². The molecule has 0 radical (unpaired) electrons. The average molecular weight is 495 g/mol. The van der Waals surface area contributed by atoms with Gasteiger partial charge in [-0.3, -0.25) is 4.79 Å². The molecule has 3 aromatic rings. The topological polar surface area (TPSA) is 95.3 Å². The maximum atomic E-state index is 13.3. The molecule has 0 aliphatic carbocycles. The van der Waals surface area contributed by atoms with Gasteiger partial charge < -0.3 is 4.74 Å². The Bertz CT molecular complexity index is 1330. The molecule has 0 atom stereocenters. The number of hydrogen-bond donors (Lipinski definition) is 0. The number of aryl methyl sites for hydroxylation is 2. The van der Waals surface area contributed by atoms with Crippen LogP contribution in [0, 0.1) is 13.8 Å². The summed E-state index contributed by atoms with van der Waals surface area (Å²) < 4.78 is 31.1. The minimum Gasteiger partial charge on any atom is -0.403 e. The number of rotatable bonds is 6. The highest BCUT2D eigenvalue weighted by atomic mass is 35.5. The van der Waals surface area contributed by atoms with Crippen molar-refractivity contribution >= 4 is 44.8 Å². The zero-order valence-corrected chi connectivity index (χ0v) is 20.1. The molecule has 10 heteroatoms. The molecule has 0 saturated carbocycles. The van der Waals surface area contributed by atoms with Crippen molar-refractivity contribution in [2.24, 2.45) is 0 Å². The minimum absolute atomic E-state index is 0.0141. The van der Waals surface area contributed by atoms with Crippen molar-refractivity contribution in [1.82, 2.24) is 9.78 Å². The summed E-state index contributed by atoms with van der Waals surface area (Å²) in [5.74, 6) is -1.26. The Morgan fingerprint density at radius 2 is 1.72 bits per heavy atom. The molecule has 1 aromatic heterocycles. The van der Waals surface area contributed by atoms with Gasteiger partial charge in [-0.1, -0.05) is 23.2 Å². The molecule has 7 nitrogen and oxygen atoms in total. The first kappa shape index (κ1) is 24.0. The van der Waals surface area contributed by atoms with E-state index in [1.54, 1.807) is 32.9 Å². The molecule has 0 fully saturated rings. The fourth-order valence-electron chi connectivity index (χ4n) is 3.42. The number of carbonyl (C=O) groups is 2. The molecule has 0 aliphatic heterocycles. The zero-order chi connectivity index (χ0) is 23.8. The van der Waals surface area contributed by atoms with Gasteiger partial charge in [0.25, 0.3) is 0 Å². The SMILES string of the molecule is CCn1ncc(C(=O)c2cc(C)c(S(C)(=O)=O)c(C)c2Cl)c1OC(=O)c1ccc(Cl)cc1. The highest BCUT2D eigenvalue weighted by molar-refractivity contribution is 7.90. The Morgan fingerprint density at radius 1 is 1.09 bits per heavy atom. The number of carbonyl (C=O) groups excluding carboxylic acids is 2. The van der Waals surface area contributed by atoms with Gasteiger partial charge in [-0.05, 0) is 62.2 Å². The molecular formula is C22H20Cl2N2O5S. The van der Waals surface area contributed by atoms with Crippen LogP contribution >= 0.6 is 23.2 Å². The molecule has 1 heterocycles. The lowest BCUT2D eigenvalue weighted by Crippen LogP contribution is -2.15. The second-order valence-electron chi connectivity index (χ2n) is 7.19. The summed E-state index contributed by atoms with van der Waals surface area (Å²) >= 11 is 12.3. The molecule has 0 aliphatic rings. The summed E-state index contributed by atoms with van der Waals surface area (Å²) in [7, 11) is -3.54. The monoisotopic (exact) mass is 494 g/mol. The van der Waals surface area contributed by atoms with Crippen LogP contribution in [0.1, 0.15) is 44.3 Å². The van der Waals surface area contributed by atoms with E-state index in [1.165, 1.54) is 29.1 Å². The van der Waals surface area contributed by atoms with E-state index in [-0.39, 0.29) is 38.1 Å². The van der Waals surface area contributed by atoms with Gasteiger partial charge in [0, 0.05) is 23.4 Å². The van der Waals surface area contributed by atoms with Crippen LogP contribution in [-0.2, 0) is 16.4 Å². The van der Waals surface area contributed by atoms with Crippen LogP contribution in [0.15, 0.2) is 41.4 Å². The van der Waals surface area contributed by atoms with Gasteiger partial charge >= 0.3 is 5.97 Å². The first-order valence-electron chi connectivity index (χ1n) is 9.53. The molecule has 0 N–H and O–H groups in total. The Kier molecular flexibility index (Phi) is 6.78. The van der Waals surface area contributed by atoms with Crippen LogP contribution in [0.4, 0.5) is 0 Å². The molecule has 0 spiro atoms. The summed E-state index contributed by atoms with van der Waals surface area (Å²) in [5.41, 5.74) is 1.04. The van der Waals surface area contributed by atoms with Crippen LogP contribution < -0.4 is 4.74 Å². The van der Waals surface area contributed by atoms with Crippen molar-refractivity contribution in [2.45, 2.75) is 32.2 Å². The third-order valence-corrected chi connectivity index (χ3v) is 6.95. The smallest absolute Gasteiger partial charge is 0.344 e. The third kappa shape index (κ3) is 4.57. The van der Waals surface area contributed by atoms with Crippen LogP contribution in [0.25, 0.3) is 0 Å². The quantitative estimate of drug-likeness (QED) is 0.364. The zero-order valence-electron chi connectivity index (χ0n) is 17.8. The lowest BCUT2D eigenvalue weighted by molar-refractivity contribution is 0.0716. The normalized spacial score (nSPS) is 11.4. The minimum atomic E-state index is -3.54. The molecule has 0 saturated heterocycles. The van der Waals surface area contributed by atoms with E-state index in [0.29, 0.717) is 17.1 Å². The van der Waals surface area contributed by atoms with Crippen molar-refractivity contribution in [1.29, 1.82) is 0 Å². The molecule has 32 heavy (non-hydrogen) atoms. The number of hydrogen-bond acceptors (Lipinski definition) is 6. The van der Waals surface area contributed by atoms with Crippen LogP contribution in [0.5, 0.6) is 5.88 Å². The van der Waals surface area contributed by atoms with Crippen molar-refractivity contribution in [3.8, 4) is 5.88 Å². The first-order valence-corrected chi connectivity index (χ1v) is 12.2. The number of sulfone groups is 1. The molecule has 0 bridgehead atoms. The first-order chi connectivity index (χ1) is 15.0. The largest absolute Gasteiger partial charge is 0.403 e. The predicted molar refractivity (Wildman–Crippen MR) is 122 cm³/mol. The van der Waals surface area contributed by atoms with Crippen molar-refractivity contribution in [3.05, 3.63) is 74.4 Å². The van der Waals surface area contributed by atoms with Crippen molar-refractivity contribution in [3.63, 3.8) is 0 Å². The Morgan fingerprint density at radius 3 is 2.28 bits per heavy atom. The maximum absolute atomic E-state index is 13.3. The molecular weight excluding hydrogens is 475 g/mol. The highest BCUT2D eigenvalue weighted by Gasteiger charge is 2.27. The Balaban J connectivity index is 2.06. The van der Waals surface area contributed by atoms with E-state index in [0.717, 1.165) is 6.26 Å². The Labute approximate surface area is 195 Å². The van der Waals surface area contributed by atoms with Crippen LogP contribution in [-0.4, -0.2) is 36.2 Å². The van der Waals surface area contributed by atoms with Crippen molar-refractivity contribution < 1.29 is 22.7 Å². The summed E-state index contributed by atoms with van der Waals surface area (Å²) in [5, 5.41) is 4.61. The third-order valence-electron chi connectivity index (χ3n) is 4.85. The summed E-state index contributed by atoms with van der Waals surface area (Å²) in [6, 6.07) is 7.53. The standard InChI is InChI=1S/C22H20Cl2N2O5S/c1-5-26-21(31-22(28)14-6-8-15(23)9-7-14)17(11-25-26)19(27)16-10-12(2)20(32(4,29)30)13(3)18(16)24/h6-11H,5H2,1-4H3. The second-order valence-corrected chi connectivity index (χ2v) is 9.95. The highest BCUT2D eigenvalue weighted by Crippen LogP contribution is 2.33. The van der Waals surface area contributed by atoms with Gasteiger partial charge in [0.05, 0.1) is 21.7 Å². The van der Waals surface area contributed by atoms with E-state index in [9.17, 15) is 18.0 Å². The Hall–Kier alpha value is -2.68. The van der Waals surface area contributed by atoms with Gasteiger partial charge in [-0.25, -0.2) is 17.9 Å². The molecule has 168 valence electrons. The maximum Gasteiger partial charge on any atom is 0.344 e. The predicted octanol–water partition coefficient (Wildman–Crippen LogP) is 4.68. The van der Waals surface area contributed by atoms with E-state index in [1.807, 2.05) is 0 Å². The summed E-state index contributed by atoms with van der Waals surface area (Å²) in [6.07, 6.45) is 2.38. The fourth-order valence-corrected chi connectivity index (χ4v) is 5.14. The number of ether oxygens (including phenoxy) is 1. The number of nitrogens with zero attached hydrogens (tertiary/aromatic N) is 2. The average Bonchev–Trinajstić information content (AvgIpc) is 3.12. The van der Waals surface area contributed by atoms with E-state index >= 15 is 0 Å². The number of benzene rings is 2. The number of esters is 1. The lowest BCUT2D eigenvalue weighted by atomic mass is 10.0. The van der Waals surface area contributed by atoms with Gasteiger partial charge in [0.15, 0.2) is 9.84 Å². The van der Waals surface area contributed by atoms with Crippen LogP contribution in [0.3, 0.4) is 0 Å². The van der Waals surface area contributed by atoms with Gasteiger partial charge in [-0.15, -0.1) is 0 Å². The van der Waals surface area contributed by atoms with Crippen LogP contribution in [0.2, 0.25) is 10.0 Å².